The van der Waals surface area contributed by atoms with Gasteiger partial charge in [-0.3, -0.25) is 0 Å². The third-order valence-corrected chi connectivity index (χ3v) is 3.82. The van der Waals surface area contributed by atoms with Crippen LogP contribution in [0.1, 0.15) is 25.6 Å². The molecule has 0 unspecified atom stereocenters. The molecule has 0 amide bonds. The van der Waals surface area contributed by atoms with Gasteiger partial charge in [-0.2, -0.15) is 0 Å². The molecule has 5 heteroatoms. The summed E-state index contributed by atoms with van der Waals surface area (Å²) in [4.78, 5) is 11.4. The molecule has 1 aliphatic rings. The maximum atomic E-state index is 5.81. The first-order valence-electron chi connectivity index (χ1n) is 7.31. The molecule has 0 saturated heterocycles. The lowest BCUT2D eigenvalue weighted by atomic mass is 10.2. The average molecular weight is 348 g/mol. The number of anilines is 2. The molecule has 1 aliphatic heterocycles. The SMILES string of the molecule is CCCc1nc(Br)cc(N2CCCOc3ccccc32)n1. The highest BCUT2D eigenvalue weighted by Crippen LogP contribution is 2.35. The Kier molecular flexibility index (Phi) is 4.39. The molecule has 0 saturated carbocycles. The normalized spacial score (nSPS) is 14.3. The Labute approximate surface area is 133 Å². The Morgan fingerprint density at radius 1 is 1.29 bits per heavy atom. The average Bonchev–Trinajstić information content (AvgIpc) is 2.69. The monoisotopic (exact) mass is 347 g/mol. The van der Waals surface area contributed by atoms with E-state index in [-0.39, 0.29) is 0 Å². The lowest BCUT2D eigenvalue weighted by Crippen LogP contribution is -2.19. The molecule has 1 aromatic heterocycles. The summed E-state index contributed by atoms with van der Waals surface area (Å²) in [5, 5.41) is 0. The zero-order valence-electron chi connectivity index (χ0n) is 12.1. The molecule has 0 spiro atoms. The summed E-state index contributed by atoms with van der Waals surface area (Å²) in [6, 6.07) is 10.1. The minimum atomic E-state index is 0.738. The van der Waals surface area contributed by atoms with E-state index in [2.05, 4.69) is 38.8 Å². The van der Waals surface area contributed by atoms with Gasteiger partial charge in [0.25, 0.3) is 0 Å². The first-order chi connectivity index (χ1) is 10.3. The summed E-state index contributed by atoms with van der Waals surface area (Å²) in [5.74, 6) is 2.73. The number of para-hydroxylation sites is 2. The number of hydrogen-bond donors (Lipinski definition) is 0. The quantitative estimate of drug-likeness (QED) is 0.783. The van der Waals surface area contributed by atoms with E-state index in [9.17, 15) is 0 Å². The van der Waals surface area contributed by atoms with Crippen molar-refractivity contribution >= 4 is 27.4 Å². The molecule has 0 aliphatic carbocycles. The Morgan fingerprint density at radius 2 is 2.14 bits per heavy atom. The standard InChI is InChI=1S/C16H18BrN3O/c1-2-6-15-18-14(17)11-16(19-15)20-9-5-10-21-13-8-4-3-7-12(13)20/h3-4,7-8,11H,2,5-6,9-10H2,1H3. The second kappa shape index (κ2) is 6.43. The predicted octanol–water partition coefficient (Wildman–Crippen LogP) is 4.11. The number of nitrogens with zero attached hydrogens (tertiary/aromatic N) is 3. The summed E-state index contributed by atoms with van der Waals surface area (Å²) < 4.78 is 6.64. The topological polar surface area (TPSA) is 38.2 Å². The highest BCUT2D eigenvalue weighted by atomic mass is 79.9. The van der Waals surface area contributed by atoms with Crippen molar-refractivity contribution in [1.82, 2.24) is 9.97 Å². The van der Waals surface area contributed by atoms with E-state index in [1.54, 1.807) is 0 Å². The lowest BCUT2D eigenvalue weighted by Gasteiger charge is -2.23. The minimum Gasteiger partial charge on any atom is -0.491 e. The van der Waals surface area contributed by atoms with Crippen LogP contribution in [0.4, 0.5) is 11.5 Å². The van der Waals surface area contributed by atoms with Gasteiger partial charge in [0.05, 0.1) is 12.3 Å². The molecular formula is C16H18BrN3O. The number of halogens is 1. The van der Waals surface area contributed by atoms with Gasteiger partial charge in [-0.1, -0.05) is 19.1 Å². The van der Waals surface area contributed by atoms with Gasteiger partial charge in [-0.25, -0.2) is 9.97 Å². The molecule has 3 rings (SSSR count). The number of fused-ring (bicyclic) bond motifs is 1. The van der Waals surface area contributed by atoms with Gasteiger partial charge in [-0.15, -0.1) is 0 Å². The Morgan fingerprint density at radius 3 is 3.00 bits per heavy atom. The van der Waals surface area contributed by atoms with E-state index in [0.29, 0.717) is 0 Å². The molecule has 0 fully saturated rings. The van der Waals surface area contributed by atoms with Crippen molar-refractivity contribution in [1.29, 1.82) is 0 Å². The third kappa shape index (κ3) is 3.18. The Balaban J connectivity index is 2.03. The van der Waals surface area contributed by atoms with Gasteiger partial charge in [0.15, 0.2) is 0 Å². The predicted molar refractivity (Wildman–Crippen MR) is 87.3 cm³/mol. The zero-order chi connectivity index (χ0) is 14.7. The van der Waals surface area contributed by atoms with Crippen molar-refractivity contribution in [2.75, 3.05) is 18.1 Å². The Hall–Kier alpha value is -1.62. The van der Waals surface area contributed by atoms with E-state index in [1.165, 1.54) is 0 Å². The van der Waals surface area contributed by atoms with Crippen molar-refractivity contribution in [3.8, 4) is 5.75 Å². The van der Waals surface area contributed by atoms with Crippen LogP contribution in [0.15, 0.2) is 34.9 Å². The Bertz CT molecular complexity index is 633. The number of aromatic nitrogens is 2. The van der Waals surface area contributed by atoms with Gasteiger partial charge in [-0.05, 0) is 40.9 Å². The molecule has 0 bridgehead atoms. The third-order valence-electron chi connectivity index (χ3n) is 3.42. The molecule has 0 radical (unpaired) electrons. The molecule has 1 aromatic carbocycles. The van der Waals surface area contributed by atoms with Crippen LogP contribution in [0.2, 0.25) is 0 Å². The van der Waals surface area contributed by atoms with E-state index in [1.807, 2.05) is 24.3 Å². The van der Waals surface area contributed by atoms with E-state index in [0.717, 1.165) is 60.1 Å². The van der Waals surface area contributed by atoms with Gasteiger partial charge in [0, 0.05) is 19.0 Å². The molecule has 110 valence electrons. The first-order valence-corrected chi connectivity index (χ1v) is 8.10. The van der Waals surface area contributed by atoms with Crippen LogP contribution in [0.3, 0.4) is 0 Å². The number of benzene rings is 1. The molecule has 0 N–H and O–H groups in total. The molecular weight excluding hydrogens is 330 g/mol. The van der Waals surface area contributed by atoms with Crippen LogP contribution >= 0.6 is 15.9 Å². The maximum Gasteiger partial charge on any atom is 0.142 e. The van der Waals surface area contributed by atoms with E-state index < -0.39 is 0 Å². The fourth-order valence-corrected chi connectivity index (χ4v) is 2.90. The van der Waals surface area contributed by atoms with Crippen LogP contribution in [-0.4, -0.2) is 23.1 Å². The fraction of sp³-hybridized carbons (Fsp3) is 0.375. The lowest BCUT2D eigenvalue weighted by molar-refractivity contribution is 0.322. The van der Waals surface area contributed by atoms with Gasteiger partial charge >= 0.3 is 0 Å². The largest absolute Gasteiger partial charge is 0.491 e. The number of rotatable bonds is 3. The first kappa shape index (κ1) is 14.3. The van der Waals surface area contributed by atoms with Crippen molar-refractivity contribution in [2.45, 2.75) is 26.2 Å². The summed E-state index contributed by atoms with van der Waals surface area (Å²) in [7, 11) is 0. The molecule has 0 atom stereocenters. The number of ether oxygens (including phenoxy) is 1. The number of hydrogen-bond acceptors (Lipinski definition) is 4. The molecule has 2 aromatic rings. The van der Waals surface area contributed by atoms with Crippen LogP contribution in [-0.2, 0) is 6.42 Å². The fourth-order valence-electron chi connectivity index (χ4n) is 2.49. The highest BCUT2D eigenvalue weighted by molar-refractivity contribution is 9.10. The molecule has 4 nitrogen and oxygen atoms in total. The van der Waals surface area contributed by atoms with Crippen LogP contribution in [0, 0.1) is 0 Å². The van der Waals surface area contributed by atoms with E-state index in [4.69, 9.17) is 9.72 Å². The van der Waals surface area contributed by atoms with Crippen molar-refractivity contribution in [2.24, 2.45) is 0 Å². The summed E-state index contributed by atoms with van der Waals surface area (Å²) in [5.41, 5.74) is 1.07. The minimum absolute atomic E-state index is 0.738. The summed E-state index contributed by atoms with van der Waals surface area (Å²) in [6.45, 7) is 3.77. The van der Waals surface area contributed by atoms with Crippen LogP contribution in [0.25, 0.3) is 0 Å². The molecule has 21 heavy (non-hydrogen) atoms. The van der Waals surface area contributed by atoms with Crippen LogP contribution in [0.5, 0.6) is 5.75 Å². The molecule has 2 heterocycles. The van der Waals surface area contributed by atoms with Crippen molar-refractivity contribution in [3.63, 3.8) is 0 Å². The summed E-state index contributed by atoms with van der Waals surface area (Å²) in [6.07, 6.45) is 2.90. The van der Waals surface area contributed by atoms with Gasteiger partial charge < -0.3 is 9.64 Å². The van der Waals surface area contributed by atoms with Gasteiger partial charge in [0.1, 0.15) is 22.0 Å². The smallest absolute Gasteiger partial charge is 0.142 e. The van der Waals surface area contributed by atoms with Crippen molar-refractivity contribution in [3.05, 3.63) is 40.8 Å². The van der Waals surface area contributed by atoms with Crippen molar-refractivity contribution < 1.29 is 4.74 Å². The summed E-state index contributed by atoms with van der Waals surface area (Å²) >= 11 is 3.50. The zero-order valence-corrected chi connectivity index (χ0v) is 13.6. The highest BCUT2D eigenvalue weighted by Gasteiger charge is 2.19. The number of aryl methyl sites for hydroxylation is 1. The van der Waals surface area contributed by atoms with E-state index >= 15 is 0 Å². The second-order valence-electron chi connectivity index (χ2n) is 5.04. The second-order valence-corrected chi connectivity index (χ2v) is 5.85. The van der Waals surface area contributed by atoms with Crippen LogP contribution < -0.4 is 9.64 Å². The van der Waals surface area contributed by atoms with Gasteiger partial charge in [0.2, 0.25) is 0 Å². The maximum absolute atomic E-state index is 5.81.